The lowest BCUT2D eigenvalue weighted by atomic mass is 9.94. The Morgan fingerprint density at radius 3 is 3.00 bits per heavy atom. The second kappa shape index (κ2) is 7.97. The number of rotatable bonds is 5. The quantitative estimate of drug-likeness (QED) is 0.623. The molecule has 3 unspecified atom stereocenters. The summed E-state index contributed by atoms with van der Waals surface area (Å²) in [6, 6.07) is 5.79. The van der Waals surface area contributed by atoms with Gasteiger partial charge in [-0.2, -0.15) is 4.31 Å². The number of sulfonamides is 1. The summed E-state index contributed by atoms with van der Waals surface area (Å²) >= 11 is 0. The van der Waals surface area contributed by atoms with E-state index < -0.39 is 22.0 Å². The van der Waals surface area contributed by atoms with Crippen molar-refractivity contribution in [2.24, 2.45) is 5.92 Å². The summed E-state index contributed by atoms with van der Waals surface area (Å²) in [5.74, 6) is -0.963. The molecular formula is C16H23FN4O4S. The van der Waals surface area contributed by atoms with Crippen LogP contribution in [-0.2, 0) is 19.6 Å². The molecule has 10 heteroatoms. The molecule has 0 aromatic heterocycles. The van der Waals surface area contributed by atoms with Crippen LogP contribution in [0.25, 0.3) is 0 Å². The number of morpholine rings is 1. The molecule has 0 radical (unpaired) electrons. The van der Waals surface area contributed by atoms with Gasteiger partial charge in [0.05, 0.1) is 30.9 Å². The first-order valence-electron chi connectivity index (χ1n) is 8.43. The van der Waals surface area contributed by atoms with Gasteiger partial charge in [0.25, 0.3) is 0 Å². The van der Waals surface area contributed by atoms with Gasteiger partial charge < -0.3 is 10.1 Å². The number of hydrogen-bond acceptors (Lipinski definition) is 6. The Hall–Kier alpha value is -1.59. The summed E-state index contributed by atoms with van der Waals surface area (Å²) < 4.78 is 43.6. The van der Waals surface area contributed by atoms with Gasteiger partial charge in [-0.25, -0.2) is 18.2 Å². The summed E-state index contributed by atoms with van der Waals surface area (Å²) in [6.07, 6.45) is 0.769. The average Bonchev–Trinajstić information content (AvgIpc) is 3.09. The molecule has 1 aromatic carbocycles. The van der Waals surface area contributed by atoms with Crippen LogP contribution in [0.2, 0.25) is 0 Å². The predicted molar refractivity (Wildman–Crippen MR) is 92.9 cm³/mol. The number of amides is 1. The van der Waals surface area contributed by atoms with Crippen LogP contribution in [0.3, 0.4) is 0 Å². The van der Waals surface area contributed by atoms with Crippen LogP contribution >= 0.6 is 0 Å². The molecule has 0 spiro atoms. The van der Waals surface area contributed by atoms with Gasteiger partial charge in [0.15, 0.2) is 0 Å². The van der Waals surface area contributed by atoms with Crippen molar-refractivity contribution in [1.29, 1.82) is 0 Å². The predicted octanol–water partition coefficient (Wildman–Crippen LogP) is -0.633. The monoisotopic (exact) mass is 386 g/mol. The highest BCUT2D eigenvalue weighted by Gasteiger charge is 2.35. The summed E-state index contributed by atoms with van der Waals surface area (Å²) in [5, 5.41) is 2.82. The van der Waals surface area contributed by atoms with E-state index in [2.05, 4.69) is 16.2 Å². The van der Waals surface area contributed by atoms with Gasteiger partial charge in [-0.1, -0.05) is 12.1 Å². The molecular weight excluding hydrogens is 363 g/mol. The van der Waals surface area contributed by atoms with Crippen molar-refractivity contribution in [2.45, 2.75) is 12.1 Å². The first-order chi connectivity index (χ1) is 12.3. The van der Waals surface area contributed by atoms with E-state index in [1.54, 1.807) is 12.1 Å². The number of hydrazine groups is 1. The molecule has 144 valence electrons. The van der Waals surface area contributed by atoms with Crippen LogP contribution in [0.4, 0.5) is 4.39 Å². The van der Waals surface area contributed by atoms with E-state index in [0.717, 1.165) is 6.26 Å². The lowest BCUT2D eigenvalue weighted by molar-refractivity contribution is -0.125. The van der Waals surface area contributed by atoms with Gasteiger partial charge in [0.1, 0.15) is 5.82 Å². The fraction of sp³-hybridized carbons (Fsp3) is 0.562. The Bertz CT molecular complexity index is 760. The van der Waals surface area contributed by atoms with E-state index in [1.807, 2.05) is 0 Å². The molecule has 8 nitrogen and oxygen atoms in total. The Labute approximate surface area is 152 Å². The molecule has 2 heterocycles. The molecule has 0 aliphatic carbocycles. The summed E-state index contributed by atoms with van der Waals surface area (Å²) in [7, 11) is -3.28. The van der Waals surface area contributed by atoms with Gasteiger partial charge in [0, 0.05) is 26.2 Å². The maximum atomic E-state index is 13.5. The normalized spacial score (nSPS) is 27.4. The van der Waals surface area contributed by atoms with Crippen molar-refractivity contribution in [3.8, 4) is 0 Å². The Kier molecular flexibility index (Phi) is 5.88. The number of benzene rings is 1. The molecule has 26 heavy (non-hydrogen) atoms. The Balaban J connectivity index is 1.57. The average molecular weight is 386 g/mol. The van der Waals surface area contributed by atoms with Crippen LogP contribution in [0.15, 0.2) is 24.3 Å². The van der Waals surface area contributed by atoms with Crippen LogP contribution in [-0.4, -0.2) is 63.8 Å². The van der Waals surface area contributed by atoms with Gasteiger partial charge in [-0.3, -0.25) is 10.2 Å². The lowest BCUT2D eigenvalue weighted by Gasteiger charge is -2.31. The van der Waals surface area contributed by atoms with Crippen molar-refractivity contribution in [3.63, 3.8) is 0 Å². The van der Waals surface area contributed by atoms with Crippen LogP contribution in [0.1, 0.15) is 11.6 Å². The molecule has 2 aliphatic heterocycles. The van der Waals surface area contributed by atoms with Crippen LogP contribution in [0, 0.1) is 11.7 Å². The van der Waals surface area contributed by atoms with Crippen molar-refractivity contribution >= 4 is 15.9 Å². The Morgan fingerprint density at radius 1 is 1.46 bits per heavy atom. The molecule has 0 saturated carbocycles. The van der Waals surface area contributed by atoms with Crippen molar-refractivity contribution < 1.29 is 22.3 Å². The summed E-state index contributed by atoms with van der Waals surface area (Å²) in [6.45, 7) is 1.46. The number of carbonyl (C=O) groups is 1. The molecule has 2 saturated heterocycles. The van der Waals surface area contributed by atoms with Crippen LogP contribution < -0.4 is 16.2 Å². The van der Waals surface area contributed by atoms with E-state index in [4.69, 9.17) is 4.74 Å². The number of nitrogens with zero attached hydrogens (tertiary/aromatic N) is 1. The zero-order valence-corrected chi connectivity index (χ0v) is 15.3. The molecule has 3 atom stereocenters. The standard InChI is InChI=1S/C16H23FN4O4S/c1-26(23,24)21-5-6-25-13(10-21)8-18-16(22)14-9-19-20-15(14)11-3-2-4-12(17)7-11/h2-4,7,13-15,19-20H,5-6,8-10H2,1H3,(H,18,22). The second-order valence-electron chi connectivity index (χ2n) is 6.52. The molecule has 1 aromatic rings. The molecule has 3 rings (SSSR count). The second-order valence-corrected chi connectivity index (χ2v) is 8.51. The minimum Gasteiger partial charge on any atom is -0.374 e. The highest BCUT2D eigenvalue weighted by molar-refractivity contribution is 7.88. The van der Waals surface area contributed by atoms with Gasteiger partial charge in [-0.15, -0.1) is 0 Å². The molecule has 2 fully saturated rings. The number of nitrogens with one attached hydrogen (secondary N) is 3. The largest absolute Gasteiger partial charge is 0.374 e. The minimum absolute atomic E-state index is 0.197. The molecule has 2 aliphatic rings. The maximum Gasteiger partial charge on any atom is 0.226 e. The first-order valence-corrected chi connectivity index (χ1v) is 10.3. The van der Waals surface area contributed by atoms with Crippen molar-refractivity contribution in [1.82, 2.24) is 20.5 Å². The molecule has 0 bridgehead atoms. The zero-order chi connectivity index (χ0) is 18.7. The SMILES string of the molecule is CS(=O)(=O)N1CCOC(CNC(=O)C2CNNC2c2cccc(F)c2)C1. The zero-order valence-electron chi connectivity index (χ0n) is 14.4. The number of ether oxygens (including phenoxy) is 1. The van der Waals surface area contributed by atoms with E-state index in [9.17, 15) is 17.6 Å². The first kappa shape index (κ1) is 19.2. The fourth-order valence-corrected chi connectivity index (χ4v) is 4.06. The highest BCUT2D eigenvalue weighted by Crippen LogP contribution is 2.25. The maximum absolute atomic E-state index is 13.5. The Morgan fingerprint density at radius 2 is 2.27 bits per heavy atom. The smallest absolute Gasteiger partial charge is 0.226 e. The van der Waals surface area contributed by atoms with Crippen molar-refractivity contribution in [3.05, 3.63) is 35.6 Å². The number of hydrogen-bond donors (Lipinski definition) is 3. The van der Waals surface area contributed by atoms with E-state index in [0.29, 0.717) is 25.3 Å². The third-order valence-electron chi connectivity index (χ3n) is 4.60. The third-order valence-corrected chi connectivity index (χ3v) is 5.87. The van der Waals surface area contributed by atoms with E-state index >= 15 is 0 Å². The molecule has 1 amide bonds. The topological polar surface area (TPSA) is 99.8 Å². The minimum atomic E-state index is -3.28. The molecule has 3 N–H and O–H groups in total. The fourth-order valence-electron chi connectivity index (χ4n) is 3.22. The highest BCUT2D eigenvalue weighted by atomic mass is 32.2. The summed E-state index contributed by atoms with van der Waals surface area (Å²) in [4.78, 5) is 12.6. The lowest BCUT2D eigenvalue weighted by Crippen LogP contribution is -2.50. The third kappa shape index (κ3) is 4.57. The number of halogens is 1. The van der Waals surface area contributed by atoms with E-state index in [-0.39, 0.29) is 30.9 Å². The number of carbonyl (C=O) groups excluding carboxylic acids is 1. The van der Waals surface area contributed by atoms with Gasteiger partial charge in [-0.05, 0) is 17.7 Å². The summed E-state index contributed by atoms with van der Waals surface area (Å²) in [5.41, 5.74) is 6.62. The van der Waals surface area contributed by atoms with Crippen molar-refractivity contribution in [2.75, 3.05) is 39.0 Å². The van der Waals surface area contributed by atoms with E-state index in [1.165, 1.54) is 16.4 Å². The van der Waals surface area contributed by atoms with Gasteiger partial charge >= 0.3 is 0 Å². The van der Waals surface area contributed by atoms with Gasteiger partial charge in [0.2, 0.25) is 15.9 Å². The van der Waals surface area contributed by atoms with Crippen LogP contribution in [0.5, 0.6) is 0 Å².